The Labute approximate surface area is 115 Å². The van der Waals surface area contributed by atoms with E-state index in [0.29, 0.717) is 6.04 Å². The highest BCUT2D eigenvalue weighted by Crippen LogP contribution is 2.20. The van der Waals surface area contributed by atoms with Crippen molar-refractivity contribution in [1.29, 1.82) is 0 Å². The summed E-state index contributed by atoms with van der Waals surface area (Å²) >= 11 is 0. The number of rotatable bonds is 2. The van der Waals surface area contributed by atoms with Crippen molar-refractivity contribution in [3.63, 3.8) is 0 Å². The van der Waals surface area contributed by atoms with Gasteiger partial charge in [-0.25, -0.2) is 0 Å². The summed E-state index contributed by atoms with van der Waals surface area (Å²) in [5, 5.41) is 32.3. The van der Waals surface area contributed by atoms with Gasteiger partial charge in [0.15, 0.2) is 0 Å². The molecule has 0 unspecified atom stereocenters. The Balaban J connectivity index is 0.00000162. The molecular weight excluding hydrogens is 254 g/mol. The molecule has 4 N–H and O–H groups in total. The van der Waals surface area contributed by atoms with E-state index < -0.39 is 18.3 Å². The van der Waals surface area contributed by atoms with Gasteiger partial charge in [-0.05, 0) is 12.8 Å². The van der Waals surface area contributed by atoms with Crippen molar-refractivity contribution >= 4 is 12.4 Å². The van der Waals surface area contributed by atoms with Crippen LogP contribution in [0.2, 0.25) is 0 Å². The summed E-state index contributed by atoms with van der Waals surface area (Å²) in [6.07, 6.45) is 7.71. The molecule has 18 heavy (non-hydrogen) atoms. The van der Waals surface area contributed by atoms with E-state index in [2.05, 4.69) is 5.32 Å². The van der Waals surface area contributed by atoms with Gasteiger partial charge >= 0.3 is 0 Å². The van der Waals surface area contributed by atoms with Gasteiger partial charge in [-0.2, -0.15) is 0 Å². The van der Waals surface area contributed by atoms with Gasteiger partial charge in [0.05, 0.1) is 6.04 Å². The highest BCUT2D eigenvalue weighted by Gasteiger charge is 2.33. The van der Waals surface area contributed by atoms with Crippen LogP contribution in [0.15, 0.2) is 12.2 Å². The Kier molecular flexibility index (Phi) is 6.60. The van der Waals surface area contributed by atoms with E-state index >= 15 is 0 Å². The normalized spacial score (nSPS) is 37.9. The lowest BCUT2D eigenvalue weighted by molar-refractivity contribution is -0.0579. The first-order chi connectivity index (χ1) is 8.18. The standard InChI is InChI=1S/C13H23NO3.ClH/c15-11-8-7-10(12(16)13(11)17)14-9-5-3-1-2-4-6-9;/h7-17H,1-6H2;1H/t10-,11+,12+,13+;/m0./s1. The largest absolute Gasteiger partial charge is 0.388 e. The van der Waals surface area contributed by atoms with Gasteiger partial charge in [0.2, 0.25) is 0 Å². The molecule has 0 spiro atoms. The predicted octanol–water partition coefficient (Wildman–Crippen LogP) is 0.742. The monoisotopic (exact) mass is 277 g/mol. The Morgan fingerprint density at radius 3 is 2.06 bits per heavy atom. The van der Waals surface area contributed by atoms with Crippen LogP contribution in [-0.4, -0.2) is 45.7 Å². The van der Waals surface area contributed by atoms with E-state index in [1.54, 1.807) is 12.2 Å². The summed E-state index contributed by atoms with van der Waals surface area (Å²) in [5.74, 6) is 0. The van der Waals surface area contributed by atoms with Gasteiger partial charge in [-0.1, -0.05) is 37.8 Å². The zero-order valence-electron chi connectivity index (χ0n) is 10.5. The van der Waals surface area contributed by atoms with Gasteiger partial charge in [-0.3, -0.25) is 0 Å². The third-order valence-corrected chi connectivity index (χ3v) is 3.87. The van der Waals surface area contributed by atoms with Crippen LogP contribution in [0.5, 0.6) is 0 Å². The SMILES string of the molecule is Cl.O[C@H]1[C@H](O)[C@@H](NC2CCCCCC2)C=C[C@H]1O. The van der Waals surface area contributed by atoms with Crippen LogP contribution in [0.4, 0.5) is 0 Å². The summed E-state index contributed by atoms with van der Waals surface area (Å²) in [5.41, 5.74) is 0. The van der Waals surface area contributed by atoms with Gasteiger partial charge in [0, 0.05) is 6.04 Å². The van der Waals surface area contributed by atoms with E-state index in [9.17, 15) is 15.3 Å². The number of aliphatic hydroxyl groups excluding tert-OH is 3. The van der Waals surface area contributed by atoms with E-state index in [1.165, 1.54) is 25.7 Å². The molecule has 0 aliphatic heterocycles. The van der Waals surface area contributed by atoms with Crippen molar-refractivity contribution in [3.05, 3.63) is 12.2 Å². The van der Waals surface area contributed by atoms with Crippen LogP contribution in [-0.2, 0) is 0 Å². The molecule has 0 heterocycles. The zero-order valence-corrected chi connectivity index (χ0v) is 11.4. The molecule has 106 valence electrons. The first-order valence-electron chi connectivity index (χ1n) is 6.67. The molecule has 2 aliphatic rings. The maximum atomic E-state index is 9.89. The molecule has 0 aromatic heterocycles. The molecule has 0 aromatic rings. The van der Waals surface area contributed by atoms with Crippen LogP contribution in [0.1, 0.15) is 38.5 Å². The fraction of sp³-hybridized carbons (Fsp3) is 0.846. The molecule has 5 heteroatoms. The van der Waals surface area contributed by atoms with Crippen LogP contribution in [0.3, 0.4) is 0 Å². The van der Waals surface area contributed by atoms with Gasteiger partial charge in [-0.15, -0.1) is 12.4 Å². The third kappa shape index (κ3) is 3.93. The van der Waals surface area contributed by atoms with Crippen LogP contribution in [0, 0.1) is 0 Å². The molecular formula is C13H24ClNO3. The van der Waals surface area contributed by atoms with Gasteiger partial charge < -0.3 is 20.6 Å². The summed E-state index contributed by atoms with van der Waals surface area (Å²) in [7, 11) is 0. The molecule has 2 aliphatic carbocycles. The molecule has 0 saturated heterocycles. The second kappa shape index (κ2) is 7.46. The van der Waals surface area contributed by atoms with E-state index in [-0.39, 0.29) is 18.4 Å². The number of nitrogens with one attached hydrogen (secondary N) is 1. The van der Waals surface area contributed by atoms with E-state index in [1.807, 2.05) is 0 Å². The minimum absolute atomic E-state index is 0. The van der Waals surface area contributed by atoms with E-state index in [4.69, 9.17) is 0 Å². The topological polar surface area (TPSA) is 72.7 Å². The lowest BCUT2D eigenvalue weighted by atomic mass is 9.93. The Morgan fingerprint density at radius 2 is 1.44 bits per heavy atom. The van der Waals surface area contributed by atoms with Gasteiger partial charge in [0.25, 0.3) is 0 Å². The van der Waals surface area contributed by atoms with Crippen molar-refractivity contribution in [2.24, 2.45) is 0 Å². The quantitative estimate of drug-likeness (QED) is 0.444. The molecule has 0 aromatic carbocycles. The van der Waals surface area contributed by atoms with Crippen molar-refractivity contribution in [2.75, 3.05) is 0 Å². The summed E-state index contributed by atoms with van der Waals surface area (Å²) in [6.45, 7) is 0. The van der Waals surface area contributed by atoms with Gasteiger partial charge in [0.1, 0.15) is 18.3 Å². The number of hydrogen-bond acceptors (Lipinski definition) is 4. The first-order valence-corrected chi connectivity index (χ1v) is 6.67. The second-order valence-electron chi connectivity index (χ2n) is 5.24. The summed E-state index contributed by atoms with van der Waals surface area (Å²) in [6, 6.07) is 0.181. The first kappa shape index (κ1) is 15.9. The Bertz CT molecular complexity index is 267. The second-order valence-corrected chi connectivity index (χ2v) is 5.24. The smallest absolute Gasteiger partial charge is 0.111 e. The fourth-order valence-corrected chi connectivity index (χ4v) is 2.75. The summed E-state index contributed by atoms with van der Waals surface area (Å²) < 4.78 is 0. The molecule has 0 amide bonds. The molecule has 1 fully saturated rings. The maximum Gasteiger partial charge on any atom is 0.111 e. The minimum atomic E-state index is -1.08. The number of hydrogen-bond donors (Lipinski definition) is 4. The van der Waals surface area contributed by atoms with Crippen molar-refractivity contribution in [3.8, 4) is 0 Å². The lowest BCUT2D eigenvalue weighted by Gasteiger charge is -2.33. The molecule has 2 rings (SSSR count). The van der Waals surface area contributed by atoms with Crippen molar-refractivity contribution in [2.45, 2.75) is 68.9 Å². The average Bonchev–Trinajstić information content (AvgIpc) is 2.59. The predicted molar refractivity (Wildman–Crippen MR) is 72.8 cm³/mol. The minimum Gasteiger partial charge on any atom is -0.388 e. The highest BCUT2D eigenvalue weighted by molar-refractivity contribution is 5.85. The fourth-order valence-electron chi connectivity index (χ4n) is 2.75. The van der Waals surface area contributed by atoms with Crippen LogP contribution >= 0.6 is 12.4 Å². The molecule has 4 nitrogen and oxygen atoms in total. The number of halogens is 1. The molecule has 0 bridgehead atoms. The van der Waals surface area contributed by atoms with Crippen LogP contribution in [0.25, 0.3) is 0 Å². The van der Waals surface area contributed by atoms with Crippen molar-refractivity contribution < 1.29 is 15.3 Å². The zero-order chi connectivity index (χ0) is 12.3. The van der Waals surface area contributed by atoms with E-state index in [0.717, 1.165) is 12.8 Å². The third-order valence-electron chi connectivity index (χ3n) is 3.87. The molecule has 0 radical (unpaired) electrons. The molecule has 4 atom stereocenters. The molecule has 1 saturated carbocycles. The van der Waals surface area contributed by atoms with Crippen LogP contribution < -0.4 is 5.32 Å². The Hall–Kier alpha value is -0.130. The Morgan fingerprint density at radius 1 is 0.833 bits per heavy atom. The summed E-state index contributed by atoms with van der Waals surface area (Å²) in [4.78, 5) is 0. The number of aliphatic hydroxyl groups is 3. The van der Waals surface area contributed by atoms with Crippen molar-refractivity contribution in [1.82, 2.24) is 5.32 Å². The maximum absolute atomic E-state index is 9.89. The highest BCUT2D eigenvalue weighted by atomic mass is 35.5. The lowest BCUT2D eigenvalue weighted by Crippen LogP contribution is -2.54. The average molecular weight is 278 g/mol.